The van der Waals surface area contributed by atoms with Gasteiger partial charge in [0.25, 0.3) is 5.91 Å². The molecule has 0 saturated carbocycles. The minimum Gasteiger partial charge on any atom is -0.395 e. The summed E-state index contributed by atoms with van der Waals surface area (Å²) in [5.74, 6) is -0.944. The van der Waals surface area contributed by atoms with Crippen molar-refractivity contribution in [3.05, 3.63) is 35.1 Å². The molecule has 0 heterocycles. The quantitative estimate of drug-likeness (QED) is 0.816. The fourth-order valence-corrected chi connectivity index (χ4v) is 1.26. The summed E-state index contributed by atoms with van der Waals surface area (Å²) < 4.78 is 13.3. The summed E-state index contributed by atoms with van der Waals surface area (Å²) in [6, 6.07) is 4.39. The molecule has 0 bridgehead atoms. The summed E-state index contributed by atoms with van der Waals surface area (Å²) in [6.45, 7) is 1.87. The van der Waals surface area contributed by atoms with Crippen LogP contribution >= 0.6 is 0 Å². The Labute approximate surface area is 88.1 Å². The van der Waals surface area contributed by atoms with Gasteiger partial charge in [-0.1, -0.05) is 11.6 Å². The number of amides is 1. The van der Waals surface area contributed by atoms with Gasteiger partial charge in [-0.2, -0.15) is 0 Å². The van der Waals surface area contributed by atoms with E-state index in [1.807, 2.05) is 0 Å². The molecule has 0 aliphatic rings. The van der Waals surface area contributed by atoms with Gasteiger partial charge in [-0.05, 0) is 19.1 Å². The maximum absolute atomic E-state index is 13.3. The van der Waals surface area contributed by atoms with E-state index >= 15 is 0 Å². The van der Waals surface area contributed by atoms with Crippen molar-refractivity contribution in [3.63, 3.8) is 0 Å². The van der Waals surface area contributed by atoms with Crippen LogP contribution in [0.15, 0.2) is 18.2 Å². The third-order valence-electron chi connectivity index (χ3n) is 2.13. The van der Waals surface area contributed by atoms with E-state index in [1.165, 1.54) is 24.1 Å². The van der Waals surface area contributed by atoms with Crippen LogP contribution in [0.1, 0.15) is 15.9 Å². The normalized spacial score (nSPS) is 10.1. The van der Waals surface area contributed by atoms with E-state index in [2.05, 4.69) is 0 Å². The fraction of sp³-hybridized carbons (Fsp3) is 0.364. The van der Waals surface area contributed by atoms with Gasteiger partial charge in [0, 0.05) is 13.6 Å². The Hall–Kier alpha value is -1.42. The number of aliphatic hydroxyl groups excluding tert-OH is 1. The third kappa shape index (κ3) is 2.76. The molecule has 1 amide bonds. The van der Waals surface area contributed by atoms with Gasteiger partial charge in [0.2, 0.25) is 0 Å². The van der Waals surface area contributed by atoms with Gasteiger partial charge in [0.1, 0.15) is 5.82 Å². The largest absolute Gasteiger partial charge is 0.395 e. The Morgan fingerprint density at radius 3 is 2.80 bits per heavy atom. The monoisotopic (exact) mass is 211 g/mol. The van der Waals surface area contributed by atoms with Crippen LogP contribution < -0.4 is 0 Å². The van der Waals surface area contributed by atoms with Crippen LogP contribution in [0.4, 0.5) is 4.39 Å². The van der Waals surface area contributed by atoms with Gasteiger partial charge < -0.3 is 10.0 Å². The van der Waals surface area contributed by atoms with Crippen molar-refractivity contribution in [1.82, 2.24) is 4.90 Å². The van der Waals surface area contributed by atoms with Gasteiger partial charge in [-0.15, -0.1) is 0 Å². The topological polar surface area (TPSA) is 40.5 Å². The molecule has 1 rings (SSSR count). The molecular weight excluding hydrogens is 197 g/mol. The maximum atomic E-state index is 13.3. The fourth-order valence-electron chi connectivity index (χ4n) is 1.26. The minimum absolute atomic E-state index is 0.0472. The van der Waals surface area contributed by atoms with Crippen LogP contribution in [-0.4, -0.2) is 36.1 Å². The van der Waals surface area contributed by atoms with Crippen molar-refractivity contribution >= 4 is 5.91 Å². The average molecular weight is 211 g/mol. The molecule has 1 aromatic carbocycles. The number of aliphatic hydroxyl groups is 1. The van der Waals surface area contributed by atoms with Gasteiger partial charge in [-0.25, -0.2) is 4.39 Å². The Morgan fingerprint density at radius 1 is 1.53 bits per heavy atom. The Kier molecular flexibility index (Phi) is 3.80. The molecular formula is C11H14FNO2. The van der Waals surface area contributed by atoms with Crippen molar-refractivity contribution in [2.24, 2.45) is 0 Å². The average Bonchev–Trinajstić information content (AvgIpc) is 2.21. The maximum Gasteiger partial charge on any atom is 0.256 e. The van der Waals surface area contributed by atoms with Crippen molar-refractivity contribution in [1.29, 1.82) is 0 Å². The first kappa shape index (κ1) is 11.7. The molecule has 0 aliphatic carbocycles. The lowest BCUT2D eigenvalue weighted by molar-refractivity contribution is 0.0762. The zero-order chi connectivity index (χ0) is 11.4. The van der Waals surface area contributed by atoms with E-state index < -0.39 is 11.7 Å². The van der Waals surface area contributed by atoms with Crippen LogP contribution in [0.25, 0.3) is 0 Å². The number of benzene rings is 1. The molecule has 0 fully saturated rings. The molecule has 0 aromatic heterocycles. The minimum atomic E-state index is -0.532. The van der Waals surface area contributed by atoms with Gasteiger partial charge in [0.15, 0.2) is 0 Å². The molecule has 15 heavy (non-hydrogen) atoms. The van der Waals surface area contributed by atoms with Crippen molar-refractivity contribution in [2.45, 2.75) is 6.92 Å². The Morgan fingerprint density at radius 2 is 2.20 bits per heavy atom. The molecule has 4 heteroatoms. The number of nitrogens with zero attached hydrogens (tertiary/aromatic N) is 1. The molecule has 0 aliphatic heterocycles. The predicted octanol–water partition coefficient (Wildman–Crippen LogP) is 1.20. The van der Waals surface area contributed by atoms with Crippen LogP contribution in [-0.2, 0) is 0 Å². The number of aryl methyl sites for hydroxylation is 1. The summed E-state index contributed by atoms with van der Waals surface area (Å²) in [4.78, 5) is 13.0. The standard InChI is InChI=1S/C11H14FNO2/c1-8-3-4-10(12)9(7-8)11(15)13(2)5-6-14/h3-4,7,14H,5-6H2,1-2H3. The first-order valence-electron chi connectivity index (χ1n) is 4.68. The zero-order valence-corrected chi connectivity index (χ0v) is 8.83. The van der Waals surface area contributed by atoms with Gasteiger partial charge in [0.05, 0.1) is 12.2 Å². The van der Waals surface area contributed by atoms with E-state index in [0.717, 1.165) is 5.56 Å². The number of halogens is 1. The Balaban J connectivity index is 2.95. The van der Waals surface area contributed by atoms with E-state index in [0.29, 0.717) is 0 Å². The summed E-state index contributed by atoms with van der Waals surface area (Å²) in [5, 5.41) is 8.67. The lowest BCUT2D eigenvalue weighted by Gasteiger charge is -2.16. The van der Waals surface area contributed by atoms with Crippen LogP contribution in [0.5, 0.6) is 0 Å². The summed E-state index contributed by atoms with van der Waals surface area (Å²) in [5.41, 5.74) is 0.878. The molecule has 0 unspecified atom stereocenters. The summed E-state index contributed by atoms with van der Waals surface area (Å²) in [6.07, 6.45) is 0. The van der Waals surface area contributed by atoms with Crippen molar-refractivity contribution < 1.29 is 14.3 Å². The highest BCUT2D eigenvalue weighted by Gasteiger charge is 2.15. The molecule has 1 N–H and O–H groups in total. The van der Waals surface area contributed by atoms with Crippen molar-refractivity contribution in [3.8, 4) is 0 Å². The lowest BCUT2D eigenvalue weighted by Crippen LogP contribution is -2.30. The van der Waals surface area contributed by atoms with E-state index in [9.17, 15) is 9.18 Å². The number of carbonyl (C=O) groups excluding carboxylic acids is 1. The lowest BCUT2D eigenvalue weighted by atomic mass is 10.1. The van der Waals surface area contributed by atoms with Crippen LogP contribution in [0, 0.1) is 12.7 Å². The molecule has 82 valence electrons. The predicted molar refractivity (Wildman–Crippen MR) is 55.2 cm³/mol. The molecule has 1 aromatic rings. The molecule has 0 spiro atoms. The SMILES string of the molecule is Cc1ccc(F)c(C(=O)N(C)CCO)c1. The van der Waals surface area contributed by atoms with E-state index in [-0.39, 0.29) is 18.7 Å². The van der Waals surface area contributed by atoms with Crippen molar-refractivity contribution in [2.75, 3.05) is 20.2 Å². The van der Waals surface area contributed by atoms with E-state index in [4.69, 9.17) is 5.11 Å². The number of carbonyl (C=O) groups is 1. The third-order valence-corrected chi connectivity index (χ3v) is 2.13. The first-order valence-corrected chi connectivity index (χ1v) is 4.68. The smallest absolute Gasteiger partial charge is 0.256 e. The molecule has 0 radical (unpaired) electrons. The van der Waals surface area contributed by atoms with Gasteiger partial charge in [-0.3, -0.25) is 4.79 Å². The molecule has 0 saturated heterocycles. The molecule has 3 nitrogen and oxygen atoms in total. The highest BCUT2D eigenvalue weighted by molar-refractivity contribution is 5.94. The number of hydrogen-bond donors (Lipinski definition) is 1. The van der Waals surface area contributed by atoms with Crippen LogP contribution in [0.2, 0.25) is 0 Å². The highest BCUT2D eigenvalue weighted by atomic mass is 19.1. The highest BCUT2D eigenvalue weighted by Crippen LogP contribution is 2.11. The second-order valence-corrected chi connectivity index (χ2v) is 3.43. The zero-order valence-electron chi connectivity index (χ0n) is 8.83. The first-order chi connectivity index (χ1) is 7.06. The van der Waals surface area contributed by atoms with Gasteiger partial charge >= 0.3 is 0 Å². The molecule has 0 atom stereocenters. The number of hydrogen-bond acceptors (Lipinski definition) is 2. The summed E-state index contributed by atoms with van der Waals surface area (Å²) >= 11 is 0. The second-order valence-electron chi connectivity index (χ2n) is 3.43. The number of rotatable bonds is 3. The second kappa shape index (κ2) is 4.89. The summed E-state index contributed by atoms with van der Waals surface area (Å²) in [7, 11) is 1.53. The van der Waals surface area contributed by atoms with Crippen LogP contribution in [0.3, 0.4) is 0 Å². The Bertz CT molecular complexity index is 366. The number of likely N-dealkylation sites (N-methyl/N-ethyl adjacent to an activating group) is 1. The van der Waals surface area contributed by atoms with E-state index in [1.54, 1.807) is 13.0 Å².